The van der Waals surface area contributed by atoms with Gasteiger partial charge in [0, 0.05) is 24.9 Å². The van der Waals surface area contributed by atoms with Crippen LogP contribution >= 0.6 is 0 Å². The zero-order valence-electron chi connectivity index (χ0n) is 14.2. The molecule has 118 valence electrons. The van der Waals surface area contributed by atoms with Crippen LogP contribution in [0.15, 0.2) is 0 Å². The Balaban J connectivity index is 2.49. The second-order valence-electron chi connectivity index (χ2n) is 6.89. The highest BCUT2D eigenvalue weighted by atomic mass is 16.1. The van der Waals surface area contributed by atoms with Crippen molar-refractivity contribution in [3.8, 4) is 0 Å². The van der Waals surface area contributed by atoms with E-state index in [9.17, 15) is 4.79 Å². The van der Waals surface area contributed by atoms with Crippen molar-refractivity contribution >= 4 is 5.78 Å². The summed E-state index contributed by atoms with van der Waals surface area (Å²) in [5.74, 6) is 1.63. The molecule has 0 saturated heterocycles. The lowest BCUT2D eigenvalue weighted by molar-refractivity contribution is -0.126. The molecule has 0 aliphatic heterocycles. The van der Waals surface area contributed by atoms with E-state index in [1.54, 1.807) is 0 Å². The number of carbonyl (C=O) groups excluding carboxylic acids is 1. The highest BCUT2D eigenvalue weighted by Gasteiger charge is 2.30. The summed E-state index contributed by atoms with van der Waals surface area (Å²) in [4.78, 5) is 14.7. The molecule has 0 radical (unpaired) electrons. The third-order valence-corrected chi connectivity index (χ3v) is 4.80. The summed E-state index contributed by atoms with van der Waals surface area (Å²) >= 11 is 0. The molecule has 0 aromatic rings. The number of unbranched alkanes of at least 4 members (excludes halogenated alkanes) is 2. The van der Waals surface area contributed by atoms with Crippen LogP contribution in [-0.2, 0) is 4.79 Å². The monoisotopic (exact) mass is 281 g/mol. The van der Waals surface area contributed by atoms with Crippen molar-refractivity contribution in [1.29, 1.82) is 0 Å². The molecule has 0 aromatic carbocycles. The molecule has 1 rings (SSSR count). The summed E-state index contributed by atoms with van der Waals surface area (Å²) in [7, 11) is 0. The minimum atomic E-state index is 0.310. The minimum Gasteiger partial charge on any atom is -0.300 e. The van der Waals surface area contributed by atoms with Gasteiger partial charge in [-0.3, -0.25) is 4.79 Å². The van der Waals surface area contributed by atoms with Gasteiger partial charge >= 0.3 is 0 Å². The standard InChI is InChI=1S/C18H35NO/c1-5-7-8-12-19(15(3)4)14-17-13-16(9-6-2)10-11-18(17)20/h15-17H,5-14H2,1-4H3. The lowest BCUT2D eigenvalue weighted by Gasteiger charge is -2.34. The van der Waals surface area contributed by atoms with E-state index in [-0.39, 0.29) is 0 Å². The Bertz CT molecular complexity index is 275. The fraction of sp³-hybridized carbons (Fsp3) is 0.944. The van der Waals surface area contributed by atoms with Gasteiger partial charge in [0.25, 0.3) is 0 Å². The number of rotatable bonds is 9. The van der Waals surface area contributed by atoms with Crippen LogP contribution in [0.25, 0.3) is 0 Å². The third-order valence-electron chi connectivity index (χ3n) is 4.80. The molecule has 0 spiro atoms. The van der Waals surface area contributed by atoms with Gasteiger partial charge in [-0.25, -0.2) is 0 Å². The van der Waals surface area contributed by atoms with E-state index >= 15 is 0 Å². The molecule has 0 N–H and O–H groups in total. The van der Waals surface area contributed by atoms with E-state index < -0.39 is 0 Å². The van der Waals surface area contributed by atoms with Gasteiger partial charge in [-0.1, -0.05) is 39.5 Å². The van der Waals surface area contributed by atoms with Crippen molar-refractivity contribution in [2.45, 2.75) is 85.1 Å². The van der Waals surface area contributed by atoms with E-state index in [0.29, 0.717) is 17.7 Å². The fourth-order valence-electron chi connectivity index (χ4n) is 3.46. The average molecular weight is 281 g/mol. The number of Topliss-reactive ketones (excluding diaryl/α,β-unsaturated/α-hetero) is 1. The number of nitrogens with zero attached hydrogens (tertiary/aromatic N) is 1. The molecule has 2 atom stereocenters. The predicted octanol–water partition coefficient (Wildman–Crippen LogP) is 4.67. The summed E-state index contributed by atoms with van der Waals surface area (Å²) in [6.45, 7) is 11.2. The fourth-order valence-corrected chi connectivity index (χ4v) is 3.46. The lowest BCUT2D eigenvalue weighted by atomic mass is 9.78. The summed E-state index contributed by atoms with van der Waals surface area (Å²) in [5, 5.41) is 0. The topological polar surface area (TPSA) is 20.3 Å². The number of carbonyl (C=O) groups is 1. The molecule has 0 bridgehead atoms. The van der Waals surface area contributed by atoms with Crippen LogP contribution in [-0.4, -0.2) is 29.8 Å². The van der Waals surface area contributed by atoms with Gasteiger partial charge in [-0.05, 0) is 45.6 Å². The predicted molar refractivity (Wildman–Crippen MR) is 87.0 cm³/mol. The van der Waals surface area contributed by atoms with Crippen LogP contribution in [0.4, 0.5) is 0 Å². The van der Waals surface area contributed by atoms with Crippen LogP contribution in [0.5, 0.6) is 0 Å². The first kappa shape index (κ1) is 17.7. The summed E-state index contributed by atoms with van der Waals surface area (Å²) < 4.78 is 0. The largest absolute Gasteiger partial charge is 0.300 e. The van der Waals surface area contributed by atoms with E-state index in [2.05, 4.69) is 32.6 Å². The van der Waals surface area contributed by atoms with Crippen molar-refractivity contribution in [2.24, 2.45) is 11.8 Å². The first-order valence-corrected chi connectivity index (χ1v) is 8.85. The van der Waals surface area contributed by atoms with Crippen LogP contribution in [0.1, 0.15) is 79.1 Å². The van der Waals surface area contributed by atoms with Crippen molar-refractivity contribution in [3.63, 3.8) is 0 Å². The maximum absolute atomic E-state index is 12.2. The molecule has 0 aromatic heterocycles. The first-order chi connectivity index (χ1) is 9.58. The van der Waals surface area contributed by atoms with Crippen molar-refractivity contribution in [3.05, 3.63) is 0 Å². The molecular weight excluding hydrogens is 246 g/mol. The number of hydrogen-bond donors (Lipinski definition) is 0. The summed E-state index contributed by atoms with van der Waals surface area (Å²) in [6, 6.07) is 0.561. The second kappa shape index (κ2) is 9.55. The molecule has 20 heavy (non-hydrogen) atoms. The van der Waals surface area contributed by atoms with Crippen LogP contribution in [0.2, 0.25) is 0 Å². The Kier molecular flexibility index (Phi) is 8.44. The second-order valence-corrected chi connectivity index (χ2v) is 6.89. The third kappa shape index (κ3) is 5.95. The molecular formula is C18H35NO. The molecule has 2 heteroatoms. The lowest BCUT2D eigenvalue weighted by Crippen LogP contribution is -2.40. The van der Waals surface area contributed by atoms with Gasteiger partial charge in [0.2, 0.25) is 0 Å². The van der Waals surface area contributed by atoms with Gasteiger partial charge in [-0.2, -0.15) is 0 Å². The first-order valence-electron chi connectivity index (χ1n) is 8.85. The Hall–Kier alpha value is -0.370. The van der Waals surface area contributed by atoms with Gasteiger partial charge in [0.1, 0.15) is 5.78 Å². The molecule has 1 fully saturated rings. The average Bonchev–Trinajstić information content (AvgIpc) is 2.41. The normalized spacial score (nSPS) is 23.8. The number of hydrogen-bond acceptors (Lipinski definition) is 2. The van der Waals surface area contributed by atoms with E-state index in [4.69, 9.17) is 0 Å². The molecule has 1 saturated carbocycles. The highest BCUT2D eigenvalue weighted by Crippen LogP contribution is 2.30. The highest BCUT2D eigenvalue weighted by molar-refractivity contribution is 5.81. The molecule has 2 nitrogen and oxygen atoms in total. The molecule has 0 heterocycles. The Morgan fingerprint density at radius 1 is 1.20 bits per heavy atom. The maximum atomic E-state index is 12.2. The maximum Gasteiger partial charge on any atom is 0.137 e. The Morgan fingerprint density at radius 3 is 2.55 bits per heavy atom. The zero-order chi connectivity index (χ0) is 15.0. The van der Waals surface area contributed by atoms with Crippen molar-refractivity contribution in [2.75, 3.05) is 13.1 Å². The van der Waals surface area contributed by atoms with Crippen molar-refractivity contribution < 1.29 is 4.79 Å². The zero-order valence-corrected chi connectivity index (χ0v) is 14.2. The van der Waals surface area contributed by atoms with Crippen LogP contribution in [0.3, 0.4) is 0 Å². The van der Waals surface area contributed by atoms with Gasteiger partial charge < -0.3 is 4.90 Å². The van der Waals surface area contributed by atoms with Gasteiger partial charge in [-0.15, -0.1) is 0 Å². The quantitative estimate of drug-likeness (QED) is 0.572. The summed E-state index contributed by atoms with van der Waals surface area (Å²) in [6.07, 6.45) is 9.53. The van der Waals surface area contributed by atoms with Crippen molar-refractivity contribution in [1.82, 2.24) is 4.90 Å². The van der Waals surface area contributed by atoms with E-state index in [1.165, 1.54) is 32.1 Å². The van der Waals surface area contributed by atoms with E-state index in [1.807, 2.05) is 0 Å². The Labute approximate surface area is 126 Å². The Morgan fingerprint density at radius 2 is 1.95 bits per heavy atom. The SMILES string of the molecule is CCCCCN(CC1CC(CCC)CCC1=O)C(C)C. The van der Waals surface area contributed by atoms with Gasteiger partial charge in [0.15, 0.2) is 0 Å². The van der Waals surface area contributed by atoms with E-state index in [0.717, 1.165) is 38.3 Å². The smallest absolute Gasteiger partial charge is 0.137 e. The van der Waals surface area contributed by atoms with Crippen LogP contribution in [0, 0.1) is 11.8 Å². The van der Waals surface area contributed by atoms with Gasteiger partial charge in [0.05, 0.1) is 0 Å². The summed E-state index contributed by atoms with van der Waals surface area (Å²) in [5.41, 5.74) is 0. The molecule has 1 aliphatic carbocycles. The minimum absolute atomic E-state index is 0.310. The molecule has 0 amide bonds. The van der Waals surface area contributed by atoms with Crippen LogP contribution < -0.4 is 0 Å². The number of ketones is 1. The molecule has 1 aliphatic rings. The molecule has 2 unspecified atom stereocenters.